The molecule has 0 atom stereocenters. The Morgan fingerprint density at radius 2 is 1.00 bits per heavy atom. The van der Waals surface area contributed by atoms with Gasteiger partial charge in [0.25, 0.3) is 0 Å². The third-order valence-corrected chi connectivity index (χ3v) is 0. The van der Waals surface area contributed by atoms with Crippen molar-refractivity contribution in [2.45, 2.75) is 0 Å². The van der Waals surface area contributed by atoms with E-state index in [0.717, 1.165) is 13.1 Å². The van der Waals surface area contributed by atoms with Gasteiger partial charge >= 0.3 is 33.3 Å². The van der Waals surface area contributed by atoms with Gasteiger partial charge in [0, 0.05) is 0 Å². The van der Waals surface area contributed by atoms with Crippen LogP contribution in [-0.2, 0) is 13.1 Å². The second kappa shape index (κ2) is 37.8. The van der Waals surface area contributed by atoms with Gasteiger partial charge in [0.15, 0.2) is 0 Å². The Balaban J connectivity index is -0.00000000667. The zero-order valence-corrected chi connectivity index (χ0v) is 5.22. The number of hydrogen-bond acceptors (Lipinski definition) is 1. The Morgan fingerprint density at radius 3 is 1.00 bits per heavy atom. The molecule has 0 heterocycles. The molecule has 0 aromatic rings. The number of hydrogen-bond donors (Lipinski definition) is 1. The average molecular weight is 188 g/mol. The molecule has 0 spiro atoms. The van der Waals surface area contributed by atoms with Gasteiger partial charge in [-0.3, -0.25) is 0 Å². The van der Waals surface area contributed by atoms with Gasteiger partial charge in [0.05, 0.1) is 0 Å². The van der Waals surface area contributed by atoms with Crippen LogP contribution in [0.15, 0.2) is 0 Å². The predicted octanol–water partition coefficient (Wildman–Crippen LogP) is -0.111. The second-order valence-electron chi connectivity index (χ2n) is 0.0431. The molecule has 3 nitrogen and oxygen atoms in total. The standard InChI is InChI=1S/2ClH.Cu.H3N.2H2O/h2*1H;;1H3;2*1H2/q;;+2;;;/p-2. The van der Waals surface area contributed by atoms with E-state index in [1.54, 1.807) is 0 Å². The molecule has 0 aliphatic heterocycles. The van der Waals surface area contributed by atoms with Crippen molar-refractivity contribution in [1.82, 2.24) is 6.15 Å². The van der Waals surface area contributed by atoms with Crippen molar-refractivity contribution in [3.63, 3.8) is 0 Å². The number of rotatable bonds is 0. The van der Waals surface area contributed by atoms with Gasteiger partial charge in [-0.25, -0.2) is 0 Å². The Hall–Kier alpha value is 0.979. The quantitative estimate of drug-likeness (QED) is 0.526. The first kappa shape index (κ1) is 28.1. The summed E-state index contributed by atoms with van der Waals surface area (Å²) in [6, 6.07) is 0. The maximum absolute atomic E-state index is 4.67. The van der Waals surface area contributed by atoms with Gasteiger partial charge in [0.1, 0.15) is 0 Å². The summed E-state index contributed by atoms with van der Waals surface area (Å²) in [7, 11) is 9.34. The van der Waals surface area contributed by atoms with E-state index in [-0.39, 0.29) is 17.1 Å². The molecule has 0 amide bonds. The Labute approximate surface area is 50.8 Å². The molecule has 0 aliphatic rings. The first-order valence-corrected chi connectivity index (χ1v) is 2.82. The fraction of sp³-hybridized carbons (Fsp3) is 0. The summed E-state index contributed by atoms with van der Waals surface area (Å²) in [4.78, 5) is 0. The third kappa shape index (κ3) is 82.2. The first-order chi connectivity index (χ1) is 1.41. The van der Waals surface area contributed by atoms with Crippen molar-refractivity contribution in [1.29, 1.82) is 0 Å². The van der Waals surface area contributed by atoms with E-state index in [2.05, 4.69) is 20.2 Å². The molecule has 0 saturated heterocycles. The molecular formula is H7Cl2CuNO2. The van der Waals surface area contributed by atoms with Crippen LogP contribution in [0.25, 0.3) is 0 Å². The van der Waals surface area contributed by atoms with Gasteiger partial charge < -0.3 is 17.1 Å². The second-order valence-corrected chi connectivity index (χ2v) is 1.60. The summed E-state index contributed by atoms with van der Waals surface area (Å²) in [5.74, 6) is 0. The van der Waals surface area contributed by atoms with E-state index in [9.17, 15) is 0 Å². The molecule has 0 fully saturated rings. The molecule has 0 unspecified atom stereocenters. The Bertz CT molecular complexity index is 11.5. The van der Waals surface area contributed by atoms with Gasteiger partial charge in [-0.05, 0) is 0 Å². The summed E-state index contributed by atoms with van der Waals surface area (Å²) in [6.45, 7) is 0. The zero-order chi connectivity index (χ0) is 2.71. The fourth-order valence-electron chi connectivity index (χ4n) is 0. The molecule has 0 aliphatic carbocycles. The fourth-order valence-corrected chi connectivity index (χ4v) is 0. The van der Waals surface area contributed by atoms with Gasteiger partial charge in [0.2, 0.25) is 0 Å². The molecule has 6 heavy (non-hydrogen) atoms. The summed E-state index contributed by atoms with van der Waals surface area (Å²) in [6.07, 6.45) is 0. The Kier molecular flexibility index (Phi) is 177. The van der Waals surface area contributed by atoms with Crippen LogP contribution in [0, 0.1) is 0 Å². The average Bonchev–Trinajstić information content (AvgIpc) is 0.918. The van der Waals surface area contributed by atoms with Crippen molar-refractivity contribution in [2.75, 3.05) is 0 Å². The van der Waals surface area contributed by atoms with Gasteiger partial charge in [-0.2, -0.15) is 0 Å². The molecule has 0 saturated carbocycles. The third-order valence-electron chi connectivity index (χ3n) is 0. The number of halogens is 2. The van der Waals surface area contributed by atoms with Crippen molar-refractivity contribution in [2.24, 2.45) is 0 Å². The van der Waals surface area contributed by atoms with Gasteiger partial charge in [-0.15, -0.1) is 0 Å². The molecule has 0 aromatic carbocycles. The summed E-state index contributed by atoms with van der Waals surface area (Å²) >= 11 is 0.757. The maximum atomic E-state index is 4.67. The topological polar surface area (TPSA) is 98.0 Å². The zero-order valence-electron chi connectivity index (χ0n) is 2.76. The predicted molar refractivity (Wildman–Crippen MR) is 24.0 cm³/mol. The van der Waals surface area contributed by atoms with Crippen LogP contribution in [0.1, 0.15) is 0 Å². The minimum absolute atomic E-state index is 0. The van der Waals surface area contributed by atoms with Crippen LogP contribution >= 0.6 is 20.2 Å². The summed E-state index contributed by atoms with van der Waals surface area (Å²) in [5, 5.41) is 0. The molecule has 0 radical (unpaired) electrons. The van der Waals surface area contributed by atoms with Crippen LogP contribution in [0.5, 0.6) is 0 Å². The van der Waals surface area contributed by atoms with E-state index in [1.807, 2.05) is 0 Å². The molecular weight excluding hydrogens is 180 g/mol. The van der Waals surface area contributed by atoms with E-state index < -0.39 is 0 Å². The van der Waals surface area contributed by atoms with E-state index in [0.29, 0.717) is 0 Å². The summed E-state index contributed by atoms with van der Waals surface area (Å²) in [5.41, 5.74) is 0. The summed E-state index contributed by atoms with van der Waals surface area (Å²) < 4.78 is 0. The molecule has 7 N–H and O–H groups in total. The van der Waals surface area contributed by atoms with Gasteiger partial charge in [-0.1, -0.05) is 0 Å². The van der Waals surface area contributed by atoms with E-state index in [1.165, 1.54) is 0 Å². The van der Waals surface area contributed by atoms with Crippen LogP contribution in [0.3, 0.4) is 0 Å². The van der Waals surface area contributed by atoms with Crippen molar-refractivity contribution >= 4 is 20.2 Å². The molecule has 0 bridgehead atoms. The van der Waals surface area contributed by atoms with Crippen LogP contribution in [-0.4, -0.2) is 11.0 Å². The van der Waals surface area contributed by atoms with E-state index in [4.69, 9.17) is 0 Å². The molecule has 49 valence electrons. The molecule has 0 rings (SSSR count). The van der Waals surface area contributed by atoms with Crippen LogP contribution < -0.4 is 6.15 Å². The SMILES string of the molecule is N.O.O.[Cl][Cu][Cl]. The molecule has 6 heteroatoms. The normalized spacial score (nSPS) is 3.67. The van der Waals surface area contributed by atoms with Crippen molar-refractivity contribution in [3.05, 3.63) is 0 Å². The van der Waals surface area contributed by atoms with Crippen LogP contribution in [0.2, 0.25) is 0 Å². The van der Waals surface area contributed by atoms with Crippen molar-refractivity contribution < 1.29 is 24.1 Å². The van der Waals surface area contributed by atoms with E-state index >= 15 is 0 Å². The van der Waals surface area contributed by atoms with Crippen LogP contribution in [0.4, 0.5) is 0 Å². The Morgan fingerprint density at radius 1 is 1.00 bits per heavy atom. The first-order valence-electron chi connectivity index (χ1n) is 0.228. The minimum atomic E-state index is 0. The molecule has 0 aromatic heterocycles. The van der Waals surface area contributed by atoms with Crippen molar-refractivity contribution in [3.8, 4) is 0 Å². The monoisotopic (exact) mass is 186 g/mol.